The average Bonchev–Trinajstić information content (AvgIpc) is 2.20. The van der Waals surface area contributed by atoms with Crippen molar-refractivity contribution in [2.75, 3.05) is 26.3 Å². The zero-order valence-electron chi connectivity index (χ0n) is 8.72. The largest absolute Gasteiger partial charge is 0.380 e. The van der Waals surface area contributed by atoms with Crippen molar-refractivity contribution in [1.29, 1.82) is 0 Å². The molecule has 2 saturated heterocycles. The van der Waals surface area contributed by atoms with E-state index in [2.05, 4.69) is 11.8 Å². The molecule has 1 spiro atoms. The molecule has 0 saturated carbocycles. The fraction of sp³-hybridized carbons (Fsp3) is 1.00. The monoisotopic (exact) mass is 183 g/mol. The van der Waals surface area contributed by atoms with Gasteiger partial charge in [0.05, 0.1) is 6.61 Å². The SMILES string of the molecule is CCN1CCCCC12CCCOC2. The summed E-state index contributed by atoms with van der Waals surface area (Å²) in [5.74, 6) is 0. The van der Waals surface area contributed by atoms with Gasteiger partial charge in [-0.3, -0.25) is 4.90 Å². The first-order valence-electron chi connectivity index (χ1n) is 5.70. The highest BCUT2D eigenvalue weighted by Gasteiger charge is 2.39. The van der Waals surface area contributed by atoms with Crippen molar-refractivity contribution in [3.8, 4) is 0 Å². The molecule has 1 atom stereocenters. The lowest BCUT2D eigenvalue weighted by Crippen LogP contribution is -2.56. The number of likely N-dealkylation sites (tertiary alicyclic amines) is 1. The zero-order valence-corrected chi connectivity index (χ0v) is 8.72. The van der Waals surface area contributed by atoms with Crippen LogP contribution in [0.3, 0.4) is 0 Å². The van der Waals surface area contributed by atoms with Crippen LogP contribution in [0.2, 0.25) is 0 Å². The molecule has 0 N–H and O–H groups in total. The van der Waals surface area contributed by atoms with Gasteiger partial charge in [0.15, 0.2) is 0 Å². The maximum Gasteiger partial charge on any atom is 0.0650 e. The highest BCUT2D eigenvalue weighted by molar-refractivity contribution is 4.94. The topological polar surface area (TPSA) is 12.5 Å². The minimum Gasteiger partial charge on any atom is -0.380 e. The summed E-state index contributed by atoms with van der Waals surface area (Å²) in [7, 11) is 0. The summed E-state index contributed by atoms with van der Waals surface area (Å²) >= 11 is 0. The molecule has 2 rings (SSSR count). The molecule has 0 aromatic rings. The van der Waals surface area contributed by atoms with Crippen molar-refractivity contribution in [2.24, 2.45) is 0 Å². The summed E-state index contributed by atoms with van der Waals surface area (Å²) in [5.41, 5.74) is 0.436. The molecule has 2 fully saturated rings. The predicted molar refractivity (Wildman–Crippen MR) is 53.9 cm³/mol. The number of hydrogen-bond donors (Lipinski definition) is 0. The normalized spacial score (nSPS) is 36.7. The first-order valence-corrected chi connectivity index (χ1v) is 5.70. The van der Waals surface area contributed by atoms with E-state index in [9.17, 15) is 0 Å². The summed E-state index contributed by atoms with van der Waals surface area (Å²) in [6.45, 7) is 6.74. The van der Waals surface area contributed by atoms with Crippen LogP contribution in [0.5, 0.6) is 0 Å². The Hall–Kier alpha value is -0.0800. The van der Waals surface area contributed by atoms with Gasteiger partial charge in [0.2, 0.25) is 0 Å². The summed E-state index contributed by atoms with van der Waals surface area (Å²) < 4.78 is 5.65. The molecule has 2 nitrogen and oxygen atoms in total. The highest BCUT2D eigenvalue weighted by Crippen LogP contribution is 2.34. The van der Waals surface area contributed by atoms with Crippen LogP contribution in [0.4, 0.5) is 0 Å². The molecule has 0 radical (unpaired) electrons. The second-order valence-corrected chi connectivity index (χ2v) is 4.42. The molecule has 0 aromatic heterocycles. The molecule has 0 bridgehead atoms. The molecule has 2 heteroatoms. The number of ether oxygens (including phenoxy) is 1. The molecular formula is C11H21NO. The Labute approximate surface area is 81.3 Å². The van der Waals surface area contributed by atoms with E-state index < -0.39 is 0 Å². The van der Waals surface area contributed by atoms with Gasteiger partial charge in [-0.1, -0.05) is 13.3 Å². The van der Waals surface area contributed by atoms with Crippen molar-refractivity contribution in [1.82, 2.24) is 4.90 Å². The lowest BCUT2D eigenvalue weighted by molar-refractivity contribution is -0.0666. The summed E-state index contributed by atoms with van der Waals surface area (Å²) in [4.78, 5) is 2.65. The predicted octanol–water partition coefficient (Wildman–Crippen LogP) is 2.04. The Morgan fingerprint density at radius 1 is 1.23 bits per heavy atom. The maximum atomic E-state index is 5.65. The zero-order chi connectivity index (χ0) is 9.15. The van der Waals surface area contributed by atoms with E-state index in [1.165, 1.54) is 45.2 Å². The van der Waals surface area contributed by atoms with Crippen LogP contribution in [0, 0.1) is 0 Å². The second-order valence-electron chi connectivity index (χ2n) is 4.42. The first-order chi connectivity index (χ1) is 6.37. The number of nitrogens with zero attached hydrogens (tertiary/aromatic N) is 1. The third-order valence-corrected chi connectivity index (χ3v) is 3.67. The van der Waals surface area contributed by atoms with E-state index in [0.29, 0.717) is 5.54 Å². The number of likely N-dealkylation sites (N-methyl/N-ethyl adjacent to an activating group) is 1. The molecule has 76 valence electrons. The minimum absolute atomic E-state index is 0.436. The smallest absolute Gasteiger partial charge is 0.0650 e. The third-order valence-electron chi connectivity index (χ3n) is 3.67. The number of hydrogen-bond acceptors (Lipinski definition) is 2. The van der Waals surface area contributed by atoms with Crippen molar-refractivity contribution in [2.45, 2.75) is 44.6 Å². The van der Waals surface area contributed by atoms with Crippen LogP contribution in [0.25, 0.3) is 0 Å². The molecule has 2 aliphatic rings. The number of rotatable bonds is 1. The lowest BCUT2D eigenvalue weighted by Gasteiger charge is -2.49. The minimum atomic E-state index is 0.436. The standard InChI is InChI=1S/C11H21NO/c1-2-12-8-4-3-6-11(12)7-5-9-13-10-11/h2-10H2,1H3. The first kappa shape index (κ1) is 9.47. The highest BCUT2D eigenvalue weighted by atomic mass is 16.5. The maximum absolute atomic E-state index is 5.65. The van der Waals surface area contributed by atoms with Crippen LogP contribution in [-0.2, 0) is 4.74 Å². The van der Waals surface area contributed by atoms with Crippen LogP contribution in [0.15, 0.2) is 0 Å². The van der Waals surface area contributed by atoms with Gasteiger partial charge in [-0.2, -0.15) is 0 Å². The Bertz CT molecular complexity index is 155. The van der Waals surface area contributed by atoms with Gasteiger partial charge in [0.1, 0.15) is 0 Å². The lowest BCUT2D eigenvalue weighted by atomic mass is 9.82. The van der Waals surface area contributed by atoms with Crippen LogP contribution < -0.4 is 0 Å². The Morgan fingerprint density at radius 2 is 2.08 bits per heavy atom. The molecular weight excluding hydrogens is 162 g/mol. The van der Waals surface area contributed by atoms with Gasteiger partial charge in [-0.25, -0.2) is 0 Å². The summed E-state index contributed by atoms with van der Waals surface area (Å²) in [6.07, 6.45) is 6.77. The molecule has 2 heterocycles. The van der Waals surface area contributed by atoms with E-state index in [1.807, 2.05) is 0 Å². The quantitative estimate of drug-likeness (QED) is 0.617. The Kier molecular flexibility index (Phi) is 2.89. The second kappa shape index (κ2) is 3.97. The molecule has 1 unspecified atom stereocenters. The van der Waals surface area contributed by atoms with Crippen molar-refractivity contribution in [3.63, 3.8) is 0 Å². The molecule has 0 aromatic carbocycles. The molecule has 2 aliphatic heterocycles. The number of piperidine rings is 1. The molecule has 13 heavy (non-hydrogen) atoms. The van der Waals surface area contributed by atoms with E-state index in [-0.39, 0.29) is 0 Å². The van der Waals surface area contributed by atoms with E-state index in [0.717, 1.165) is 13.2 Å². The van der Waals surface area contributed by atoms with Crippen molar-refractivity contribution < 1.29 is 4.74 Å². The van der Waals surface area contributed by atoms with E-state index in [4.69, 9.17) is 4.74 Å². The van der Waals surface area contributed by atoms with Crippen molar-refractivity contribution in [3.05, 3.63) is 0 Å². The van der Waals surface area contributed by atoms with Crippen LogP contribution in [-0.4, -0.2) is 36.7 Å². The Morgan fingerprint density at radius 3 is 2.77 bits per heavy atom. The third kappa shape index (κ3) is 1.75. The average molecular weight is 183 g/mol. The van der Waals surface area contributed by atoms with Crippen molar-refractivity contribution >= 4 is 0 Å². The van der Waals surface area contributed by atoms with Crippen LogP contribution in [0.1, 0.15) is 39.0 Å². The van der Waals surface area contributed by atoms with Gasteiger partial charge in [0, 0.05) is 12.1 Å². The summed E-state index contributed by atoms with van der Waals surface area (Å²) in [5, 5.41) is 0. The molecule has 0 aliphatic carbocycles. The fourth-order valence-electron chi connectivity index (χ4n) is 2.93. The summed E-state index contributed by atoms with van der Waals surface area (Å²) in [6, 6.07) is 0. The fourth-order valence-corrected chi connectivity index (χ4v) is 2.93. The van der Waals surface area contributed by atoms with E-state index >= 15 is 0 Å². The van der Waals surface area contributed by atoms with E-state index in [1.54, 1.807) is 0 Å². The van der Waals surface area contributed by atoms with Crippen LogP contribution >= 0.6 is 0 Å². The van der Waals surface area contributed by atoms with Gasteiger partial charge in [-0.05, 0) is 38.8 Å². The Balaban J connectivity index is 2.06. The van der Waals surface area contributed by atoms with Gasteiger partial charge in [0.25, 0.3) is 0 Å². The van der Waals surface area contributed by atoms with Gasteiger partial charge < -0.3 is 4.74 Å². The van der Waals surface area contributed by atoms with Gasteiger partial charge >= 0.3 is 0 Å². The van der Waals surface area contributed by atoms with Gasteiger partial charge in [-0.15, -0.1) is 0 Å². The molecule has 0 amide bonds.